The Morgan fingerprint density at radius 3 is 2.79 bits per heavy atom. The van der Waals surface area contributed by atoms with Gasteiger partial charge in [0, 0.05) is 48.6 Å². The fourth-order valence-corrected chi connectivity index (χ4v) is 4.09. The standard InChI is InChI=1S/C20H20FN5O2/c21-16-8-12-7-14(10-18(16)23-12)28-20-4-3-17(24-25-20)15-2-1-13(9-19(15)27)26-6-5-22-11-26/h1-6,9,11-12,14,16,18,23,27H,7-8,10H2/t12?,14-,16-,18?/m0/s1. The maximum atomic E-state index is 13.8. The zero-order chi connectivity index (χ0) is 19.1. The van der Waals surface area contributed by atoms with Crippen molar-refractivity contribution in [1.82, 2.24) is 25.1 Å². The molecule has 2 saturated heterocycles. The molecule has 8 heteroatoms. The van der Waals surface area contributed by atoms with Crippen molar-refractivity contribution in [3.8, 4) is 28.6 Å². The molecular weight excluding hydrogens is 361 g/mol. The lowest BCUT2D eigenvalue weighted by molar-refractivity contribution is 0.123. The molecule has 144 valence electrons. The maximum Gasteiger partial charge on any atom is 0.233 e. The predicted octanol–water partition coefficient (Wildman–Crippen LogP) is 2.64. The second-order valence-electron chi connectivity index (χ2n) is 7.36. The van der Waals surface area contributed by atoms with Crippen molar-refractivity contribution < 1.29 is 14.2 Å². The van der Waals surface area contributed by atoms with Crippen LogP contribution in [-0.4, -0.2) is 49.2 Å². The highest BCUT2D eigenvalue weighted by molar-refractivity contribution is 5.68. The van der Waals surface area contributed by atoms with Gasteiger partial charge >= 0.3 is 0 Å². The fourth-order valence-electron chi connectivity index (χ4n) is 4.09. The van der Waals surface area contributed by atoms with Crippen LogP contribution >= 0.6 is 0 Å². The monoisotopic (exact) mass is 381 g/mol. The Labute approximate surface area is 161 Å². The molecule has 2 aliphatic rings. The van der Waals surface area contributed by atoms with Gasteiger partial charge in [-0.05, 0) is 31.0 Å². The number of benzene rings is 1. The molecule has 7 nitrogen and oxygen atoms in total. The first kappa shape index (κ1) is 17.1. The summed E-state index contributed by atoms with van der Waals surface area (Å²) >= 11 is 0. The number of nitrogens with one attached hydrogen (secondary N) is 1. The highest BCUT2D eigenvalue weighted by Gasteiger charge is 2.41. The van der Waals surface area contributed by atoms with Crippen molar-refractivity contribution in [3.63, 3.8) is 0 Å². The van der Waals surface area contributed by atoms with Crippen LogP contribution in [0.15, 0.2) is 49.1 Å². The van der Waals surface area contributed by atoms with Crippen molar-refractivity contribution in [2.24, 2.45) is 0 Å². The summed E-state index contributed by atoms with van der Waals surface area (Å²) in [6, 6.07) is 8.88. The lowest BCUT2D eigenvalue weighted by Gasteiger charge is -2.28. The van der Waals surface area contributed by atoms with Crippen molar-refractivity contribution in [2.75, 3.05) is 0 Å². The van der Waals surface area contributed by atoms with Crippen LogP contribution in [0.4, 0.5) is 4.39 Å². The number of aromatic hydroxyl groups is 1. The number of fused-ring (bicyclic) bond motifs is 2. The second-order valence-corrected chi connectivity index (χ2v) is 7.36. The molecular formula is C20H20FN5O2. The summed E-state index contributed by atoms with van der Waals surface area (Å²) in [4.78, 5) is 4.00. The molecule has 2 N–H and O–H groups in total. The van der Waals surface area contributed by atoms with Crippen LogP contribution in [0, 0.1) is 0 Å². The highest BCUT2D eigenvalue weighted by Crippen LogP contribution is 2.32. The van der Waals surface area contributed by atoms with Gasteiger partial charge in [0.2, 0.25) is 5.88 Å². The Kier molecular flexibility index (Phi) is 4.20. The molecule has 0 aliphatic carbocycles. The third-order valence-electron chi connectivity index (χ3n) is 5.45. The third-order valence-corrected chi connectivity index (χ3v) is 5.45. The number of phenolic OH excluding ortho intramolecular Hbond substituents is 1. The number of alkyl halides is 1. The molecule has 2 unspecified atom stereocenters. The Morgan fingerprint density at radius 1 is 1.14 bits per heavy atom. The molecule has 5 rings (SSSR count). The lowest BCUT2D eigenvalue weighted by atomic mass is 10.0. The minimum absolute atomic E-state index is 0.0555. The first-order chi connectivity index (χ1) is 13.7. The average molecular weight is 381 g/mol. The SMILES string of the molecule is Oc1cc(-n2ccnc2)ccc1-c1ccc(O[C@H]2CC3C[C@H](F)C(C2)N3)nn1. The number of piperidine rings is 1. The molecule has 2 aliphatic heterocycles. The van der Waals surface area contributed by atoms with Crippen LogP contribution < -0.4 is 10.1 Å². The van der Waals surface area contributed by atoms with E-state index in [1.807, 2.05) is 6.07 Å². The van der Waals surface area contributed by atoms with E-state index in [1.165, 1.54) is 0 Å². The fraction of sp³-hybridized carbons (Fsp3) is 0.350. The number of halogens is 1. The topological polar surface area (TPSA) is 85.1 Å². The summed E-state index contributed by atoms with van der Waals surface area (Å²) in [6.45, 7) is 0. The Bertz CT molecular complexity index is 961. The lowest BCUT2D eigenvalue weighted by Crippen LogP contribution is -2.44. The molecule has 0 radical (unpaired) electrons. The quantitative estimate of drug-likeness (QED) is 0.723. The van der Waals surface area contributed by atoms with Gasteiger partial charge in [0.1, 0.15) is 18.0 Å². The zero-order valence-corrected chi connectivity index (χ0v) is 15.1. The van der Waals surface area contributed by atoms with Crippen molar-refractivity contribution in [1.29, 1.82) is 0 Å². The van der Waals surface area contributed by atoms with Crippen LogP contribution in [0.25, 0.3) is 16.9 Å². The number of nitrogens with zero attached hydrogens (tertiary/aromatic N) is 4. The second kappa shape index (κ2) is 6.87. The summed E-state index contributed by atoms with van der Waals surface area (Å²) < 4.78 is 21.5. The number of rotatable bonds is 4. The van der Waals surface area contributed by atoms with Gasteiger partial charge in [0.25, 0.3) is 0 Å². The normalized spacial score (nSPS) is 26.3. The van der Waals surface area contributed by atoms with Gasteiger partial charge in [0.15, 0.2) is 0 Å². The Morgan fingerprint density at radius 2 is 2.07 bits per heavy atom. The maximum absolute atomic E-state index is 13.8. The van der Waals surface area contributed by atoms with E-state index in [0.29, 0.717) is 30.0 Å². The van der Waals surface area contributed by atoms with Gasteiger partial charge in [-0.3, -0.25) is 0 Å². The number of phenols is 1. The average Bonchev–Trinajstić information content (AvgIpc) is 3.31. The molecule has 0 amide bonds. The first-order valence-corrected chi connectivity index (χ1v) is 9.38. The van der Waals surface area contributed by atoms with E-state index in [1.54, 1.807) is 47.6 Å². The van der Waals surface area contributed by atoms with Crippen LogP contribution in [0.1, 0.15) is 19.3 Å². The molecule has 3 aromatic rings. The van der Waals surface area contributed by atoms with Gasteiger partial charge in [-0.25, -0.2) is 9.37 Å². The Balaban J connectivity index is 1.30. The highest BCUT2D eigenvalue weighted by atomic mass is 19.1. The van der Waals surface area contributed by atoms with Gasteiger partial charge in [0.05, 0.1) is 17.7 Å². The van der Waals surface area contributed by atoms with Crippen molar-refractivity contribution >= 4 is 0 Å². The summed E-state index contributed by atoms with van der Waals surface area (Å²) in [5, 5.41) is 22.0. The molecule has 4 heterocycles. The van der Waals surface area contributed by atoms with Crippen LogP contribution in [0.3, 0.4) is 0 Å². The van der Waals surface area contributed by atoms with E-state index in [-0.39, 0.29) is 23.9 Å². The Hall–Kier alpha value is -3.00. The van der Waals surface area contributed by atoms with Crippen LogP contribution in [0.5, 0.6) is 11.6 Å². The number of hydrogen-bond donors (Lipinski definition) is 2. The molecule has 28 heavy (non-hydrogen) atoms. The number of hydrogen-bond acceptors (Lipinski definition) is 6. The van der Waals surface area contributed by atoms with E-state index < -0.39 is 6.17 Å². The molecule has 2 fully saturated rings. The van der Waals surface area contributed by atoms with Crippen LogP contribution in [0.2, 0.25) is 0 Å². The minimum atomic E-state index is -0.791. The summed E-state index contributed by atoms with van der Waals surface area (Å²) in [6.07, 6.45) is 6.27. The van der Waals surface area contributed by atoms with Gasteiger partial charge < -0.3 is 19.7 Å². The van der Waals surface area contributed by atoms with Gasteiger partial charge in [-0.1, -0.05) is 0 Å². The summed E-state index contributed by atoms with van der Waals surface area (Å²) in [5.74, 6) is 0.526. The molecule has 1 aromatic carbocycles. The van der Waals surface area contributed by atoms with Gasteiger partial charge in [-0.15, -0.1) is 10.2 Å². The van der Waals surface area contributed by atoms with Gasteiger partial charge in [-0.2, -0.15) is 0 Å². The van der Waals surface area contributed by atoms with Crippen molar-refractivity contribution in [2.45, 2.75) is 43.6 Å². The van der Waals surface area contributed by atoms with Crippen LogP contribution in [-0.2, 0) is 0 Å². The molecule has 4 atom stereocenters. The summed E-state index contributed by atoms with van der Waals surface area (Å²) in [7, 11) is 0. The number of imidazole rings is 1. The number of ether oxygens (including phenoxy) is 1. The van der Waals surface area contributed by atoms with E-state index in [4.69, 9.17) is 4.74 Å². The van der Waals surface area contributed by atoms with E-state index in [0.717, 1.165) is 12.1 Å². The zero-order valence-electron chi connectivity index (χ0n) is 15.1. The molecule has 0 saturated carbocycles. The van der Waals surface area contributed by atoms with Crippen molar-refractivity contribution in [3.05, 3.63) is 49.1 Å². The third kappa shape index (κ3) is 3.20. The number of aromatic nitrogens is 4. The minimum Gasteiger partial charge on any atom is -0.507 e. The molecule has 2 bridgehead atoms. The van der Waals surface area contributed by atoms with E-state index in [2.05, 4.69) is 20.5 Å². The van der Waals surface area contributed by atoms with E-state index in [9.17, 15) is 9.50 Å². The molecule has 2 aromatic heterocycles. The summed E-state index contributed by atoms with van der Waals surface area (Å²) in [5.41, 5.74) is 1.94. The molecule has 0 spiro atoms. The smallest absolute Gasteiger partial charge is 0.233 e. The first-order valence-electron chi connectivity index (χ1n) is 9.38. The predicted molar refractivity (Wildman–Crippen MR) is 100 cm³/mol. The largest absolute Gasteiger partial charge is 0.507 e. The van der Waals surface area contributed by atoms with E-state index >= 15 is 0 Å².